The van der Waals surface area contributed by atoms with E-state index < -0.39 is 0 Å². The van der Waals surface area contributed by atoms with Crippen LogP contribution in [-0.4, -0.2) is 72.4 Å². The van der Waals surface area contributed by atoms with Gasteiger partial charge in [-0.1, -0.05) is 36.4 Å². The van der Waals surface area contributed by atoms with E-state index in [2.05, 4.69) is 39.2 Å². The summed E-state index contributed by atoms with van der Waals surface area (Å²) in [5, 5.41) is 4.42. The molecule has 1 amide bonds. The number of carbonyl (C=O) groups is 1. The van der Waals surface area contributed by atoms with Crippen molar-refractivity contribution >= 4 is 11.6 Å². The fraction of sp³-hybridized carbons (Fsp3) is 0.360. The maximum Gasteiger partial charge on any atom is 0.236 e. The number of rotatable bonds is 8. The van der Waals surface area contributed by atoms with Crippen molar-refractivity contribution in [2.24, 2.45) is 0 Å². The van der Waals surface area contributed by atoms with Gasteiger partial charge in [0, 0.05) is 50.7 Å². The average molecular weight is 434 g/mol. The highest BCUT2D eigenvalue weighted by atomic mass is 16.5. The predicted octanol–water partition coefficient (Wildman–Crippen LogP) is 2.80. The molecule has 7 nitrogen and oxygen atoms in total. The largest absolute Gasteiger partial charge is 0.378 e. The summed E-state index contributed by atoms with van der Waals surface area (Å²) in [7, 11) is 3.84. The van der Waals surface area contributed by atoms with Crippen LogP contribution in [0.15, 0.2) is 67.0 Å². The van der Waals surface area contributed by atoms with Crippen LogP contribution in [-0.2, 0) is 22.6 Å². The summed E-state index contributed by atoms with van der Waals surface area (Å²) in [6.45, 7) is 4.93. The number of anilines is 1. The summed E-state index contributed by atoms with van der Waals surface area (Å²) >= 11 is 0. The van der Waals surface area contributed by atoms with Gasteiger partial charge in [-0.05, 0) is 30.8 Å². The van der Waals surface area contributed by atoms with Crippen molar-refractivity contribution < 1.29 is 9.53 Å². The van der Waals surface area contributed by atoms with Crippen LogP contribution in [0.2, 0.25) is 0 Å². The highest BCUT2D eigenvalue weighted by molar-refractivity contribution is 5.78. The van der Waals surface area contributed by atoms with Crippen LogP contribution in [0.5, 0.6) is 0 Å². The molecule has 1 aromatic heterocycles. The number of nitrogens with zero attached hydrogens (tertiary/aromatic N) is 5. The zero-order valence-electron chi connectivity index (χ0n) is 18.9. The molecule has 0 spiro atoms. The van der Waals surface area contributed by atoms with Crippen molar-refractivity contribution in [1.29, 1.82) is 0 Å². The minimum Gasteiger partial charge on any atom is -0.378 e. The number of hydrogen-bond donors (Lipinski definition) is 0. The van der Waals surface area contributed by atoms with Gasteiger partial charge in [-0.3, -0.25) is 9.69 Å². The number of benzene rings is 2. The average Bonchev–Trinajstić information content (AvgIpc) is 3.29. The Morgan fingerprint density at radius 3 is 2.50 bits per heavy atom. The Hall–Kier alpha value is -3.16. The lowest BCUT2D eigenvalue weighted by Crippen LogP contribution is -2.38. The molecule has 1 fully saturated rings. The van der Waals surface area contributed by atoms with Gasteiger partial charge in [0.25, 0.3) is 0 Å². The van der Waals surface area contributed by atoms with E-state index in [0.29, 0.717) is 13.1 Å². The minimum absolute atomic E-state index is 0.0869. The Morgan fingerprint density at radius 2 is 1.72 bits per heavy atom. The first-order chi connectivity index (χ1) is 15.6. The zero-order valence-corrected chi connectivity index (χ0v) is 18.9. The Kier molecular flexibility index (Phi) is 7.19. The molecule has 3 aromatic rings. The normalized spacial score (nSPS) is 14.0. The number of likely N-dealkylation sites (N-methyl/N-ethyl adjacent to an activating group) is 2. The topological polar surface area (TPSA) is 53.8 Å². The maximum absolute atomic E-state index is 12.8. The highest BCUT2D eigenvalue weighted by Gasteiger charge is 2.17. The third-order valence-electron chi connectivity index (χ3n) is 5.69. The Morgan fingerprint density at radius 1 is 1.00 bits per heavy atom. The molecule has 4 rings (SSSR count). The van der Waals surface area contributed by atoms with Crippen LogP contribution in [0.4, 0.5) is 5.69 Å². The van der Waals surface area contributed by atoms with Crippen molar-refractivity contribution in [3.8, 4) is 5.69 Å². The lowest BCUT2D eigenvalue weighted by Gasteiger charge is -2.31. The second kappa shape index (κ2) is 10.4. The molecule has 168 valence electrons. The smallest absolute Gasteiger partial charge is 0.236 e. The van der Waals surface area contributed by atoms with Gasteiger partial charge in [0.1, 0.15) is 0 Å². The molecule has 0 unspecified atom stereocenters. The van der Waals surface area contributed by atoms with Crippen LogP contribution in [0.3, 0.4) is 0 Å². The Bertz CT molecular complexity index is 1010. The molecule has 7 heteroatoms. The molecule has 0 saturated carbocycles. The van der Waals surface area contributed by atoms with Gasteiger partial charge >= 0.3 is 0 Å². The van der Waals surface area contributed by atoms with Gasteiger partial charge in [0.05, 0.1) is 31.6 Å². The lowest BCUT2D eigenvalue weighted by atomic mass is 10.1. The van der Waals surface area contributed by atoms with Gasteiger partial charge in [-0.15, -0.1) is 0 Å². The summed E-state index contributed by atoms with van der Waals surface area (Å²) in [6, 6.07) is 18.4. The predicted molar refractivity (Wildman–Crippen MR) is 126 cm³/mol. The van der Waals surface area contributed by atoms with Crippen molar-refractivity contribution in [2.75, 3.05) is 51.8 Å². The zero-order chi connectivity index (χ0) is 22.3. The minimum atomic E-state index is 0.0869. The molecule has 32 heavy (non-hydrogen) atoms. The summed E-state index contributed by atoms with van der Waals surface area (Å²) in [5.41, 5.74) is 4.48. The maximum atomic E-state index is 12.8. The van der Waals surface area contributed by atoms with Crippen LogP contribution < -0.4 is 4.90 Å². The van der Waals surface area contributed by atoms with Crippen molar-refractivity contribution in [3.63, 3.8) is 0 Å². The first-order valence-corrected chi connectivity index (χ1v) is 11.0. The van der Waals surface area contributed by atoms with E-state index in [1.807, 2.05) is 61.5 Å². The molecule has 0 atom stereocenters. The fourth-order valence-corrected chi connectivity index (χ4v) is 3.98. The molecular formula is C25H31N5O2. The summed E-state index contributed by atoms with van der Waals surface area (Å²) in [4.78, 5) is 19.0. The van der Waals surface area contributed by atoms with Crippen molar-refractivity contribution in [1.82, 2.24) is 19.6 Å². The van der Waals surface area contributed by atoms with E-state index >= 15 is 0 Å². The lowest BCUT2D eigenvalue weighted by molar-refractivity contribution is -0.131. The van der Waals surface area contributed by atoms with Gasteiger partial charge in [0.15, 0.2) is 0 Å². The number of hydrogen-bond acceptors (Lipinski definition) is 5. The molecule has 0 N–H and O–H groups in total. The molecular weight excluding hydrogens is 402 g/mol. The van der Waals surface area contributed by atoms with E-state index in [0.717, 1.165) is 44.1 Å². The Balaban J connectivity index is 1.33. The van der Waals surface area contributed by atoms with E-state index in [9.17, 15) is 4.79 Å². The number of amides is 1. The standard InChI is InChI=1S/C25H31N5O2/c1-27(19-22-8-6-7-11-24(22)29-12-14-32-15-13-29)20-25(31)28(2)17-21-16-26-30(18-21)23-9-4-3-5-10-23/h3-11,16,18H,12-15,17,19-20H2,1-2H3. The fourth-order valence-electron chi connectivity index (χ4n) is 3.98. The van der Waals surface area contributed by atoms with Gasteiger partial charge in [0.2, 0.25) is 5.91 Å². The molecule has 0 bridgehead atoms. The summed E-state index contributed by atoms with van der Waals surface area (Å²) in [6.07, 6.45) is 3.79. The van der Waals surface area contributed by atoms with E-state index in [1.54, 1.807) is 4.90 Å². The SMILES string of the molecule is CN(CC(=O)N(C)Cc1cnn(-c2ccccc2)c1)Cc1ccccc1N1CCOCC1. The molecule has 1 saturated heterocycles. The number of morpholine rings is 1. The van der Waals surface area contributed by atoms with Crippen LogP contribution >= 0.6 is 0 Å². The third kappa shape index (κ3) is 5.55. The second-order valence-corrected chi connectivity index (χ2v) is 8.28. The van der Waals surface area contributed by atoms with Crippen LogP contribution in [0.1, 0.15) is 11.1 Å². The van der Waals surface area contributed by atoms with E-state index in [4.69, 9.17) is 4.74 Å². The molecule has 1 aliphatic heterocycles. The number of para-hydroxylation sites is 2. The molecule has 2 aromatic carbocycles. The quantitative estimate of drug-likeness (QED) is 0.547. The highest BCUT2D eigenvalue weighted by Crippen LogP contribution is 2.22. The molecule has 1 aliphatic rings. The van der Waals surface area contributed by atoms with Gasteiger partial charge < -0.3 is 14.5 Å². The van der Waals surface area contributed by atoms with Crippen LogP contribution in [0.25, 0.3) is 5.69 Å². The van der Waals surface area contributed by atoms with Crippen molar-refractivity contribution in [3.05, 3.63) is 78.1 Å². The molecule has 2 heterocycles. The summed E-state index contributed by atoms with van der Waals surface area (Å²) in [5.74, 6) is 0.0869. The van der Waals surface area contributed by atoms with Crippen molar-refractivity contribution in [2.45, 2.75) is 13.1 Å². The first-order valence-electron chi connectivity index (χ1n) is 11.0. The summed E-state index contributed by atoms with van der Waals surface area (Å²) < 4.78 is 7.32. The van der Waals surface area contributed by atoms with Crippen LogP contribution in [0, 0.1) is 0 Å². The molecule has 0 aliphatic carbocycles. The van der Waals surface area contributed by atoms with E-state index in [1.165, 1.54) is 11.3 Å². The Labute approximate surface area is 189 Å². The van der Waals surface area contributed by atoms with E-state index in [-0.39, 0.29) is 5.91 Å². The number of carbonyl (C=O) groups excluding carboxylic acids is 1. The number of ether oxygens (including phenoxy) is 1. The number of aromatic nitrogens is 2. The monoisotopic (exact) mass is 433 g/mol. The third-order valence-corrected chi connectivity index (χ3v) is 5.69. The van der Waals surface area contributed by atoms with Gasteiger partial charge in [-0.25, -0.2) is 4.68 Å². The second-order valence-electron chi connectivity index (χ2n) is 8.28. The van der Waals surface area contributed by atoms with Gasteiger partial charge in [-0.2, -0.15) is 5.10 Å². The first kappa shape index (κ1) is 22.0. The molecule has 0 radical (unpaired) electrons.